The second-order valence-corrected chi connectivity index (χ2v) is 10.3. The third kappa shape index (κ3) is 7.21. The predicted octanol–water partition coefficient (Wildman–Crippen LogP) is 3.07. The van der Waals surface area contributed by atoms with E-state index in [1.807, 2.05) is 35.2 Å². The van der Waals surface area contributed by atoms with Crippen molar-refractivity contribution in [3.63, 3.8) is 0 Å². The van der Waals surface area contributed by atoms with Crippen molar-refractivity contribution in [2.75, 3.05) is 37.7 Å². The fourth-order valence-electron chi connectivity index (χ4n) is 5.45. The summed E-state index contributed by atoms with van der Waals surface area (Å²) in [6.07, 6.45) is 6.05. The van der Waals surface area contributed by atoms with E-state index < -0.39 is 18.0 Å². The second kappa shape index (κ2) is 13.2. The van der Waals surface area contributed by atoms with Crippen molar-refractivity contribution >= 4 is 17.9 Å². The van der Waals surface area contributed by atoms with Crippen LogP contribution >= 0.6 is 0 Å². The first kappa shape index (κ1) is 27.3. The summed E-state index contributed by atoms with van der Waals surface area (Å²) in [6, 6.07) is 8.95. The van der Waals surface area contributed by atoms with Crippen molar-refractivity contribution < 1.29 is 28.2 Å². The van der Waals surface area contributed by atoms with Gasteiger partial charge < -0.3 is 29.3 Å². The van der Waals surface area contributed by atoms with Crippen LogP contribution in [0.25, 0.3) is 0 Å². The predicted molar refractivity (Wildman–Crippen MR) is 140 cm³/mol. The number of carbonyl (C=O) groups excluding carboxylic acids is 2. The van der Waals surface area contributed by atoms with Crippen molar-refractivity contribution in [2.24, 2.45) is 0 Å². The van der Waals surface area contributed by atoms with Crippen LogP contribution in [0.4, 0.5) is 15.1 Å². The Morgan fingerprint density at radius 2 is 1.79 bits per heavy atom. The lowest BCUT2D eigenvalue weighted by atomic mass is 9.96. The first-order valence-electron chi connectivity index (χ1n) is 13.8. The van der Waals surface area contributed by atoms with Crippen LogP contribution < -0.4 is 10.2 Å². The van der Waals surface area contributed by atoms with E-state index in [2.05, 4.69) is 15.3 Å². The van der Waals surface area contributed by atoms with Crippen molar-refractivity contribution in [2.45, 2.75) is 69.4 Å². The quantitative estimate of drug-likeness (QED) is 0.544. The molecule has 10 nitrogen and oxygen atoms in total. The van der Waals surface area contributed by atoms with E-state index in [9.17, 15) is 14.0 Å². The van der Waals surface area contributed by atoms with E-state index in [4.69, 9.17) is 14.2 Å². The molecule has 0 spiro atoms. The molecule has 11 heteroatoms. The SMILES string of the molecule is O=C(N[C@@H]1CCCN(C(=O)OCc2ccccc2)[C@@H]1COC1CCN(c2ncc(F)cn2)CC1)[C@@H]1CCCO1. The summed E-state index contributed by atoms with van der Waals surface area (Å²) in [6.45, 7) is 2.96. The zero-order valence-corrected chi connectivity index (χ0v) is 22.0. The molecule has 0 saturated carbocycles. The summed E-state index contributed by atoms with van der Waals surface area (Å²) in [5.74, 6) is -0.0848. The zero-order valence-electron chi connectivity index (χ0n) is 22.0. The monoisotopic (exact) mass is 541 g/mol. The number of hydrogen-bond donors (Lipinski definition) is 1. The van der Waals surface area contributed by atoms with Gasteiger partial charge in [0.1, 0.15) is 12.7 Å². The van der Waals surface area contributed by atoms with E-state index >= 15 is 0 Å². The Bertz CT molecular complexity index is 1080. The minimum absolute atomic E-state index is 0.0136. The Hall–Kier alpha value is -3.31. The average molecular weight is 542 g/mol. The normalized spacial score (nSPS) is 24.0. The van der Waals surface area contributed by atoms with Crippen LogP contribution in [0.3, 0.4) is 0 Å². The molecular weight excluding hydrogens is 505 g/mol. The fraction of sp³-hybridized carbons (Fsp3) is 0.571. The molecule has 0 radical (unpaired) electrons. The molecule has 0 aliphatic carbocycles. The number of carbonyl (C=O) groups is 2. The Balaban J connectivity index is 1.20. The largest absolute Gasteiger partial charge is 0.445 e. The molecule has 0 bridgehead atoms. The number of likely N-dealkylation sites (tertiary alicyclic amines) is 1. The molecule has 5 rings (SSSR count). The van der Waals surface area contributed by atoms with E-state index in [1.165, 1.54) is 12.4 Å². The molecule has 3 fully saturated rings. The molecule has 3 saturated heterocycles. The molecule has 0 unspecified atom stereocenters. The summed E-state index contributed by atoms with van der Waals surface area (Å²) < 4.78 is 30.8. The van der Waals surface area contributed by atoms with Crippen LogP contribution in [0.5, 0.6) is 0 Å². The Labute approximate surface area is 227 Å². The molecule has 3 atom stereocenters. The number of anilines is 1. The van der Waals surface area contributed by atoms with Crippen molar-refractivity contribution in [3.8, 4) is 0 Å². The lowest BCUT2D eigenvalue weighted by Gasteiger charge is -2.42. The maximum Gasteiger partial charge on any atom is 0.410 e. The first-order valence-corrected chi connectivity index (χ1v) is 13.8. The van der Waals surface area contributed by atoms with Gasteiger partial charge in [0.05, 0.1) is 37.2 Å². The third-order valence-electron chi connectivity index (χ3n) is 7.60. The number of rotatable bonds is 8. The highest BCUT2D eigenvalue weighted by atomic mass is 19.1. The highest BCUT2D eigenvalue weighted by Gasteiger charge is 2.38. The van der Waals surface area contributed by atoms with Crippen molar-refractivity contribution in [1.29, 1.82) is 0 Å². The van der Waals surface area contributed by atoms with Gasteiger partial charge in [-0.05, 0) is 44.1 Å². The Kier molecular flexibility index (Phi) is 9.20. The number of aromatic nitrogens is 2. The molecule has 1 aromatic heterocycles. The summed E-state index contributed by atoms with van der Waals surface area (Å²) in [4.78, 5) is 38.0. The van der Waals surface area contributed by atoms with Crippen molar-refractivity contribution in [1.82, 2.24) is 20.2 Å². The molecule has 4 heterocycles. The third-order valence-corrected chi connectivity index (χ3v) is 7.60. The molecular formula is C28H36FN5O5. The number of halogens is 1. The van der Waals surface area contributed by atoms with Gasteiger partial charge in [0.2, 0.25) is 11.9 Å². The van der Waals surface area contributed by atoms with Gasteiger partial charge in [-0.3, -0.25) is 4.79 Å². The summed E-state index contributed by atoms with van der Waals surface area (Å²) in [7, 11) is 0. The molecule has 210 valence electrons. The maximum atomic E-state index is 13.2. The smallest absolute Gasteiger partial charge is 0.410 e. The van der Waals surface area contributed by atoms with Gasteiger partial charge in [0.15, 0.2) is 5.82 Å². The lowest BCUT2D eigenvalue weighted by molar-refractivity contribution is -0.132. The van der Waals surface area contributed by atoms with Crippen LogP contribution in [0.1, 0.15) is 44.1 Å². The standard InChI is InChI=1S/C28H36FN5O5/c29-21-16-30-27(31-17-21)33-13-10-22(11-14-33)38-19-24-23(32-26(35)25-9-5-15-37-25)8-4-12-34(24)28(36)39-18-20-6-2-1-3-7-20/h1-3,6-7,16-17,22-25H,4-5,8-15,18-19H2,(H,32,35)/t23-,24-,25+/m1/s1. The van der Waals surface area contributed by atoms with E-state index in [-0.39, 0.29) is 37.3 Å². The number of hydrogen-bond acceptors (Lipinski definition) is 8. The maximum absolute atomic E-state index is 13.2. The lowest BCUT2D eigenvalue weighted by Crippen LogP contribution is -2.60. The minimum atomic E-state index is -0.461. The molecule has 2 aromatic rings. The van der Waals surface area contributed by atoms with E-state index in [0.29, 0.717) is 38.6 Å². The van der Waals surface area contributed by atoms with Gasteiger partial charge in [0, 0.05) is 26.2 Å². The van der Waals surface area contributed by atoms with Gasteiger partial charge in [-0.1, -0.05) is 30.3 Å². The molecule has 1 aromatic carbocycles. The summed E-state index contributed by atoms with van der Waals surface area (Å²) in [5, 5.41) is 3.14. The fourth-order valence-corrected chi connectivity index (χ4v) is 5.45. The van der Waals surface area contributed by atoms with E-state index in [0.717, 1.165) is 37.7 Å². The average Bonchev–Trinajstić information content (AvgIpc) is 3.52. The molecule has 1 N–H and O–H groups in total. The van der Waals surface area contributed by atoms with Crippen LogP contribution in [0.2, 0.25) is 0 Å². The molecule has 2 amide bonds. The van der Waals surface area contributed by atoms with Gasteiger partial charge in [0.25, 0.3) is 0 Å². The van der Waals surface area contributed by atoms with E-state index in [1.54, 1.807) is 4.90 Å². The van der Waals surface area contributed by atoms with Crippen LogP contribution in [-0.4, -0.2) is 84.0 Å². The van der Waals surface area contributed by atoms with Crippen LogP contribution in [0, 0.1) is 5.82 Å². The number of piperidine rings is 2. The van der Waals surface area contributed by atoms with Crippen molar-refractivity contribution in [3.05, 3.63) is 54.1 Å². The number of ether oxygens (including phenoxy) is 3. The zero-order chi connectivity index (χ0) is 27.0. The number of nitrogens with one attached hydrogen (secondary N) is 1. The molecule has 3 aliphatic rings. The first-order chi connectivity index (χ1) is 19.1. The Morgan fingerprint density at radius 1 is 1.03 bits per heavy atom. The number of amides is 2. The number of benzene rings is 1. The van der Waals surface area contributed by atoms with Crippen LogP contribution in [0.15, 0.2) is 42.7 Å². The highest BCUT2D eigenvalue weighted by molar-refractivity contribution is 5.81. The van der Waals surface area contributed by atoms with Crippen LogP contribution in [-0.2, 0) is 25.6 Å². The molecule has 39 heavy (non-hydrogen) atoms. The van der Waals surface area contributed by atoms with Gasteiger partial charge in [-0.2, -0.15) is 0 Å². The van der Waals surface area contributed by atoms with Gasteiger partial charge >= 0.3 is 6.09 Å². The Morgan fingerprint density at radius 3 is 2.51 bits per heavy atom. The van der Waals surface area contributed by atoms with Gasteiger partial charge in [-0.25, -0.2) is 19.2 Å². The molecule has 3 aliphatic heterocycles. The van der Waals surface area contributed by atoms with Gasteiger partial charge in [-0.15, -0.1) is 0 Å². The second-order valence-electron chi connectivity index (χ2n) is 10.3. The summed E-state index contributed by atoms with van der Waals surface area (Å²) >= 11 is 0. The minimum Gasteiger partial charge on any atom is -0.445 e. The summed E-state index contributed by atoms with van der Waals surface area (Å²) in [5.41, 5.74) is 0.913. The topological polar surface area (TPSA) is 106 Å². The highest BCUT2D eigenvalue weighted by Crippen LogP contribution is 2.24. The number of nitrogens with zero attached hydrogens (tertiary/aromatic N) is 4.